The summed E-state index contributed by atoms with van der Waals surface area (Å²) in [4.78, 5) is 27.9. The van der Waals surface area contributed by atoms with Gasteiger partial charge in [0.05, 0.1) is 22.0 Å². The molecule has 0 fully saturated rings. The molecule has 7 nitrogen and oxygen atoms in total. The van der Waals surface area contributed by atoms with Gasteiger partial charge in [0.25, 0.3) is 0 Å². The number of anilines is 1. The average molecular weight is 543 g/mol. The van der Waals surface area contributed by atoms with E-state index in [0.717, 1.165) is 21.7 Å². The molecule has 0 aliphatic rings. The van der Waals surface area contributed by atoms with Crippen molar-refractivity contribution in [2.45, 2.75) is 59.7 Å². The standard InChI is InChI=1S/C25H33Cl2N3O4S/c1-16-8-10-20(12-17(16)2)30(35(7,33)34)15-23(31)29(18(3)24(32)28-25(4,5)6)14-19-9-11-21(26)22(27)13-19/h8-13,18H,14-15H2,1-7H3,(H,28,32). The van der Waals surface area contributed by atoms with E-state index in [1.807, 2.05) is 34.6 Å². The van der Waals surface area contributed by atoms with Crippen LogP contribution in [0.25, 0.3) is 0 Å². The van der Waals surface area contributed by atoms with Crippen LogP contribution in [0.1, 0.15) is 44.4 Å². The van der Waals surface area contributed by atoms with E-state index in [1.165, 1.54) is 4.90 Å². The molecular formula is C25H33Cl2N3O4S. The highest BCUT2D eigenvalue weighted by molar-refractivity contribution is 7.92. The Labute approximate surface area is 218 Å². The van der Waals surface area contributed by atoms with E-state index >= 15 is 0 Å². The number of nitrogens with zero attached hydrogens (tertiary/aromatic N) is 2. The van der Waals surface area contributed by atoms with Crippen molar-refractivity contribution in [1.29, 1.82) is 0 Å². The molecule has 2 amide bonds. The summed E-state index contributed by atoms with van der Waals surface area (Å²) in [5.74, 6) is -0.890. The predicted octanol–water partition coefficient (Wildman–Crippen LogP) is 4.71. The lowest BCUT2D eigenvalue weighted by molar-refractivity contribution is -0.140. The number of hydrogen-bond acceptors (Lipinski definition) is 4. The number of rotatable bonds is 8. The zero-order valence-electron chi connectivity index (χ0n) is 21.1. The Morgan fingerprint density at radius 1 is 1.00 bits per heavy atom. The summed E-state index contributed by atoms with van der Waals surface area (Å²) in [7, 11) is -3.79. The Balaban J connectivity index is 2.45. The summed E-state index contributed by atoms with van der Waals surface area (Å²) in [6.45, 7) is 10.5. The van der Waals surface area contributed by atoms with Crippen molar-refractivity contribution in [3.05, 3.63) is 63.1 Å². The van der Waals surface area contributed by atoms with Crippen LogP contribution in [0.15, 0.2) is 36.4 Å². The van der Waals surface area contributed by atoms with Gasteiger partial charge in [0.1, 0.15) is 12.6 Å². The summed E-state index contributed by atoms with van der Waals surface area (Å²) in [6, 6.07) is 9.26. The third kappa shape index (κ3) is 8.12. The first-order valence-electron chi connectivity index (χ1n) is 11.1. The van der Waals surface area contributed by atoms with E-state index in [1.54, 1.807) is 43.3 Å². The van der Waals surface area contributed by atoms with E-state index < -0.39 is 34.1 Å². The maximum Gasteiger partial charge on any atom is 0.244 e. The molecule has 0 radical (unpaired) electrons. The molecule has 0 bridgehead atoms. The molecule has 1 N–H and O–H groups in total. The molecule has 0 aliphatic carbocycles. The van der Waals surface area contributed by atoms with E-state index in [2.05, 4.69) is 5.32 Å². The van der Waals surface area contributed by atoms with Crippen LogP contribution in [0.4, 0.5) is 5.69 Å². The fourth-order valence-electron chi connectivity index (χ4n) is 3.39. The summed E-state index contributed by atoms with van der Waals surface area (Å²) in [5, 5.41) is 3.56. The van der Waals surface area contributed by atoms with Crippen LogP contribution in [0.2, 0.25) is 10.0 Å². The minimum atomic E-state index is -3.79. The van der Waals surface area contributed by atoms with Crippen molar-refractivity contribution < 1.29 is 18.0 Å². The lowest BCUT2D eigenvalue weighted by Crippen LogP contribution is -2.54. The molecule has 35 heavy (non-hydrogen) atoms. The summed E-state index contributed by atoms with van der Waals surface area (Å²) >= 11 is 12.2. The second-order valence-electron chi connectivity index (χ2n) is 9.72. The minimum absolute atomic E-state index is 0.0407. The highest BCUT2D eigenvalue weighted by Gasteiger charge is 2.31. The first-order valence-corrected chi connectivity index (χ1v) is 13.7. The number of amides is 2. The molecule has 2 aromatic rings. The van der Waals surface area contributed by atoms with Gasteiger partial charge in [-0.2, -0.15) is 0 Å². The maximum atomic E-state index is 13.6. The lowest BCUT2D eigenvalue weighted by atomic mass is 10.1. The summed E-state index contributed by atoms with van der Waals surface area (Å²) in [5.41, 5.74) is 2.42. The molecule has 1 atom stereocenters. The van der Waals surface area contributed by atoms with E-state index in [0.29, 0.717) is 21.3 Å². The van der Waals surface area contributed by atoms with Crippen LogP contribution < -0.4 is 9.62 Å². The van der Waals surface area contributed by atoms with Crippen molar-refractivity contribution in [3.8, 4) is 0 Å². The number of sulfonamides is 1. The third-order valence-electron chi connectivity index (χ3n) is 5.46. The van der Waals surface area contributed by atoms with Crippen molar-refractivity contribution in [1.82, 2.24) is 10.2 Å². The predicted molar refractivity (Wildman–Crippen MR) is 142 cm³/mol. The monoisotopic (exact) mass is 541 g/mol. The normalized spacial score (nSPS) is 12.7. The third-order valence-corrected chi connectivity index (χ3v) is 7.34. The van der Waals surface area contributed by atoms with Crippen molar-refractivity contribution in [3.63, 3.8) is 0 Å². The number of halogens is 2. The van der Waals surface area contributed by atoms with Gasteiger partial charge in [-0.25, -0.2) is 8.42 Å². The first kappa shape index (κ1) is 28.9. The van der Waals surface area contributed by atoms with Gasteiger partial charge in [-0.1, -0.05) is 35.3 Å². The molecule has 10 heteroatoms. The average Bonchev–Trinajstić information content (AvgIpc) is 2.72. The van der Waals surface area contributed by atoms with Gasteiger partial charge in [0.15, 0.2) is 0 Å². The van der Waals surface area contributed by atoms with Crippen LogP contribution in [0, 0.1) is 13.8 Å². The van der Waals surface area contributed by atoms with Crippen LogP contribution in [-0.4, -0.2) is 49.5 Å². The molecule has 192 valence electrons. The van der Waals surface area contributed by atoms with Gasteiger partial charge in [0.2, 0.25) is 21.8 Å². The lowest BCUT2D eigenvalue weighted by Gasteiger charge is -2.33. The van der Waals surface area contributed by atoms with E-state index in [4.69, 9.17) is 23.2 Å². The molecule has 2 aromatic carbocycles. The molecule has 0 saturated carbocycles. The Kier molecular flexibility index (Phi) is 9.25. The highest BCUT2D eigenvalue weighted by atomic mass is 35.5. The molecule has 2 rings (SSSR count). The van der Waals surface area contributed by atoms with Crippen molar-refractivity contribution in [2.75, 3.05) is 17.1 Å². The smallest absolute Gasteiger partial charge is 0.244 e. The van der Waals surface area contributed by atoms with Gasteiger partial charge in [0, 0.05) is 12.1 Å². The van der Waals surface area contributed by atoms with Crippen LogP contribution in [0.3, 0.4) is 0 Å². The highest BCUT2D eigenvalue weighted by Crippen LogP contribution is 2.25. The minimum Gasteiger partial charge on any atom is -0.350 e. The number of carbonyl (C=O) groups is 2. The SMILES string of the molecule is Cc1ccc(N(CC(=O)N(Cc2ccc(Cl)c(Cl)c2)C(C)C(=O)NC(C)(C)C)S(C)(=O)=O)cc1C. The number of aryl methyl sites for hydroxylation is 2. The molecule has 0 spiro atoms. The van der Waals surface area contributed by atoms with Crippen molar-refractivity contribution >= 4 is 50.7 Å². The molecule has 0 saturated heterocycles. The van der Waals surface area contributed by atoms with Gasteiger partial charge in [-0.15, -0.1) is 0 Å². The number of hydrogen-bond donors (Lipinski definition) is 1. The Morgan fingerprint density at radius 3 is 2.14 bits per heavy atom. The largest absolute Gasteiger partial charge is 0.350 e. The topological polar surface area (TPSA) is 86.8 Å². The molecular weight excluding hydrogens is 509 g/mol. The summed E-state index contributed by atoms with van der Waals surface area (Å²) < 4.78 is 26.4. The van der Waals surface area contributed by atoms with Gasteiger partial charge in [-0.3, -0.25) is 13.9 Å². The van der Waals surface area contributed by atoms with Gasteiger partial charge in [-0.05, 0) is 82.5 Å². The Bertz CT molecular complexity index is 1210. The number of benzene rings is 2. The molecule has 0 aliphatic heterocycles. The van der Waals surface area contributed by atoms with E-state index in [-0.39, 0.29) is 12.5 Å². The number of nitrogens with one attached hydrogen (secondary N) is 1. The quantitative estimate of drug-likeness (QED) is 0.524. The van der Waals surface area contributed by atoms with E-state index in [9.17, 15) is 18.0 Å². The van der Waals surface area contributed by atoms with Crippen LogP contribution in [-0.2, 0) is 26.2 Å². The van der Waals surface area contributed by atoms with Crippen molar-refractivity contribution in [2.24, 2.45) is 0 Å². The Hall–Kier alpha value is -2.29. The van der Waals surface area contributed by atoms with Gasteiger partial charge < -0.3 is 10.2 Å². The zero-order valence-corrected chi connectivity index (χ0v) is 23.5. The van der Waals surface area contributed by atoms with Crippen LogP contribution >= 0.6 is 23.2 Å². The number of carbonyl (C=O) groups excluding carboxylic acids is 2. The fraction of sp³-hybridized carbons (Fsp3) is 0.440. The Morgan fingerprint density at radius 2 is 1.63 bits per heavy atom. The fourth-order valence-corrected chi connectivity index (χ4v) is 4.55. The molecule has 1 unspecified atom stereocenters. The van der Waals surface area contributed by atoms with Crippen LogP contribution in [0.5, 0.6) is 0 Å². The maximum absolute atomic E-state index is 13.6. The summed E-state index contributed by atoms with van der Waals surface area (Å²) in [6.07, 6.45) is 1.05. The molecule has 0 heterocycles. The second kappa shape index (κ2) is 11.2. The first-order chi connectivity index (χ1) is 16.0. The zero-order chi connectivity index (χ0) is 26.7. The molecule has 0 aromatic heterocycles. The van der Waals surface area contributed by atoms with Gasteiger partial charge >= 0.3 is 0 Å². The second-order valence-corrected chi connectivity index (χ2v) is 12.4.